The molecule has 2 heterocycles. The van der Waals surface area contributed by atoms with E-state index in [4.69, 9.17) is 9.47 Å². The lowest BCUT2D eigenvalue weighted by molar-refractivity contribution is -0.123. The van der Waals surface area contributed by atoms with Gasteiger partial charge in [0.1, 0.15) is 6.61 Å². The number of nitrogens with zero attached hydrogens (tertiary/aromatic N) is 2. The molecule has 0 spiro atoms. The first-order valence-corrected chi connectivity index (χ1v) is 12.1. The molecule has 1 aliphatic rings. The Balaban J connectivity index is 1.36. The van der Waals surface area contributed by atoms with E-state index >= 15 is 0 Å². The van der Waals surface area contributed by atoms with E-state index < -0.39 is 0 Å². The average Bonchev–Trinajstić information content (AvgIpc) is 3.37. The second-order valence-electron chi connectivity index (χ2n) is 8.05. The summed E-state index contributed by atoms with van der Waals surface area (Å²) in [4.78, 5) is 27.3. The Bertz CT molecular complexity index is 1410. The minimum atomic E-state index is -0.264. The van der Waals surface area contributed by atoms with Crippen LogP contribution >= 0.6 is 11.8 Å². The summed E-state index contributed by atoms with van der Waals surface area (Å²) in [7, 11) is 1.62. The number of methoxy groups -OCH3 is 1. The molecule has 176 valence electrons. The fourth-order valence-electron chi connectivity index (χ4n) is 4.11. The minimum Gasteiger partial charge on any atom is -0.493 e. The Morgan fingerprint density at radius 3 is 2.40 bits per heavy atom. The molecule has 7 heteroatoms. The maximum absolute atomic E-state index is 13.0. The van der Waals surface area contributed by atoms with Crippen LogP contribution in [0.2, 0.25) is 0 Å². The molecule has 0 atom stereocenters. The molecule has 0 bridgehead atoms. The van der Waals surface area contributed by atoms with Crippen molar-refractivity contribution >= 4 is 39.9 Å². The summed E-state index contributed by atoms with van der Waals surface area (Å²) in [6, 6.07) is 25.1. The highest BCUT2D eigenvalue weighted by atomic mass is 32.2. The molecule has 1 aliphatic heterocycles. The average molecular weight is 485 g/mol. The van der Waals surface area contributed by atoms with Crippen LogP contribution in [0, 0.1) is 0 Å². The van der Waals surface area contributed by atoms with E-state index in [-0.39, 0.29) is 17.7 Å². The third-order valence-electron chi connectivity index (χ3n) is 5.82. The summed E-state index contributed by atoms with van der Waals surface area (Å²) in [5, 5.41) is 0.763. The van der Waals surface area contributed by atoms with Gasteiger partial charge in [-0.3, -0.25) is 14.5 Å². The van der Waals surface area contributed by atoms with E-state index in [1.807, 2.05) is 91.1 Å². The number of imide groups is 1. The summed E-state index contributed by atoms with van der Waals surface area (Å²) in [6.45, 7) is 1.33. The first-order valence-electron chi connectivity index (χ1n) is 11.3. The highest BCUT2D eigenvalue weighted by molar-refractivity contribution is 8.18. The number of rotatable bonds is 8. The van der Waals surface area contributed by atoms with Crippen molar-refractivity contribution < 1.29 is 19.1 Å². The van der Waals surface area contributed by atoms with Crippen LogP contribution in [0.4, 0.5) is 4.79 Å². The van der Waals surface area contributed by atoms with Crippen LogP contribution in [-0.2, 0) is 17.9 Å². The zero-order chi connectivity index (χ0) is 24.2. The summed E-state index contributed by atoms with van der Waals surface area (Å²) in [6.07, 6.45) is 3.82. The molecule has 35 heavy (non-hydrogen) atoms. The van der Waals surface area contributed by atoms with Gasteiger partial charge in [-0.05, 0) is 41.6 Å². The van der Waals surface area contributed by atoms with Crippen molar-refractivity contribution in [2.45, 2.75) is 13.1 Å². The summed E-state index contributed by atoms with van der Waals surface area (Å²) < 4.78 is 13.4. The lowest BCUT2D eigenvalue weighted by atomic mass is 10.1. The van der Waals surface area contributed by atoms with Gasteiger partial charge in [-0.25, -0.2) is 0 Å². The van der Waals surface area contributed by atoms with Crippen LogP contribution < -0.4 is 9.47 Å². The molecule has 0 saturated carbocycles. The fourth-order valence-corrected chi connectivity index (χ4v) is 4.94. The van der Waals surface area contributed by atoms with Gasteiger partial charge in [0.15, 0.2) is 11.5 Å². The van der Waals surface area contributed by atoms with Crippen LogP contribution in [0.1, 0.15) is 11.1 Å². The Hall–Kier alpha value is -3.97. The molecule has 6 nitrogen and oxygen atoms in total. The number of hydrogen-bond donors (Lipinski definition) is 0. The molecule has 1 aromatic heterocycles. The Morgan fingerprint density at radius 1 is 0.886 bits per heavy atom. The van der Waals surface area contributed by atoms with Gasteiger partial charge in [-0.15, -0.1) is 0 Å². The van der Waals surface area contributed by atoms with Gasteiger partial charge in [0.25, 0.3) is 11.1 Å². The fraction of sp³-hybridized carbons (Fsp3) is 0.143. The number of carbonyl (C=O) groups is 2. The Morgan fingerprint density at radius 2 is 1.60 bits per heavy atom. The maximum atomic E-state index is 13.0. The van der Waals surface area contributed by atoms with E-state index in [1.54, 1.807) is 7.11 Å². The van der Waals surface area contributed by atoms with Crippen molar-refractivity contribution in [2.75, 3.05) is 13.7 Å². The molecular formula is C28H24N2O4S. The molecule has 0 radical (unpaired) electrons. The van der Waals surface area contributed by atoms with Crippen molar-refractivity contribution in [3.8, 4) is 11.5 Å². The Labute approximate surface area is 207 Å². The summed E-state index contributed by atoms with van der Waals surface area (Å²) >= 11 is 0.984. The Kier molecular flexibility index (Phi) is 6.59. The highest BCUT2D eigenvalue weighted by Crippen LogP contribution is 2.35. The number of carbonyl (C=O) groups excluding carboxylic acids is 2. The predicted molar refractivity (Wildman–Crippen MR) is 138 cm³/mol. The molecule has 0 unspecified atom stereocenters. The normalized spacial score (nSPS) is 14.8. The number of para-hydroxylation sites is 3. The van der Waals surface area contributed by atoms with Gasteiger partial charge < -0.3 is 14.0 Å². The van der Waals surface area contributed by atoms with Gasteiger partial charge in [0.05, 0.1) is 25.1 Å². The number of fused-ring (bicyclic) bond motifs is 1. The standard InChI is InChI=1S/C28H24N2O4S/c1-33-24-13-7-8-14-25(24)34-16-15-29-19-21(22-11-5-6-12-23(22)29)17-26-27(31)30(28(32)35-26)18-20-9-3-2-4-10-20/h2-14,17,19H,15-16,18H2,1H3/b26-17-. The number of aromatic nitrogens is 1. The summed E-state index contributed by atoms with van der Waals surface area (Å²) in [5.74, 6) is 1.12. The molecule has 0 N–H and O–H groups in total. The van der Waals surface area contributed by atoms with Crippen molar-refractivity contribution in [3.05, 3.63) is 101 Å². The number of hydrogen-bond acceptors (Lipinski definition) is 5. The van der Waals surface area contributed by atoms with E-state index in [0.717, 1.165) is 33.8 Å². The van der Waals surface area contributed by atoms with Crippen LogP contribution in [0.5, 0.6) is 11.5 Å². The van der Waals surface area contributed by atoms with Crippen molar-refractivity contribution in [2.24, 2.45) is 0 Å². The monoisotopic (exact) mass is 484 g/mol. The smallest absolute Gasteiger partial charge is 0.293 e. The van der Waals surface area contributed by atoms with E-state index in [0.29, 0.717) is 29.6 Å². The molecule has 3 aromatic carbocycles. The third kappa shape index (κ3) is 4.81. The van der Waals surface area contributed by atoms with Crippen LogP contribution in [-0.4, -0.2) is 34.3 Å². The van der Waals surface area contributed by atoms with Gasteiger partial charge in [-0.2, -0.15) is 0 Å². The van der Waals surface area contributed by atoms with Crippen LogP contribution in [0.15, 0.2) is 90.0 Å². The molecular weight excluding hydrogens is 460 g/mol. The topological polar surface area (TPSA) is 60.8 Å². The minimum absolute atomic E-state index is 0.251. The zero-order valence-corrected chi connectivity index (χ0v) is 20.0. The number of thioether (sulfide) groups is 1. The van der Waals surface area contributed by atoms with Crippen molar-refractivity contribution in [1.82, 2.24) is 9.47 Å². The molecule has 2 amide bonds. The molecule has 4 aromatic rings. The molecule has 0 aliphatic carbocycles. The van der Waals surface area contributed by atoms with Gasteiger partial charge in [-0.1, -0.05) is 60.7 Å². The number of benzene rings is 3. The lowest BCUT2D eigenvalue weighted by Gasteiger charge is -2.12. The largest absolute Gasteiger partial charge is 0.493 e. The first-order chi connectivity index (χ1) is 17.1. The van der Waals surface area contributed by atoms with Crippen LogP contribution in [0.3, 0.4) is 0 Å². The molecule has 1 saturated heterocycles. The van der Waals surface area contributed by atoms with E-state index in [9.17, 15) is 9.59 Å². The first kappa shape index (κ1) is 22.8. The maximum Gasteiger partial charge on any atom is 0.293 e. The van der Waals surface area contributed by atoms with Crippen molar-refractivity contribution in [3.63, 3.8) is 0 Å². The summed E-state index contributed by atoms with van der Waals surface area (Å²) in [5.41, 5.74) is 2.84. The second-order valence-corrected chi connectivity index (χ2v) is 9.04. The lowest BCUT2D eigenvalue weighted by Crippen LogP contribution is -2.27. The predicted octanol–water partition coefficient (Wildman–Crippen LogP) is 5.97. The van der Waals surface area contributed by atoms with Crippen molar-refractivity contribution in [1.29, 1.82) is 0 Å². The quantitative estimate of drug-likeness (QED) is 0.289. The second kappa shape index (κ2) is 10.1. The number of amides is 2. The van der Waals surface area contributed by atoms with Gasteiger partial charge >= 0.3 is 0 Å². The van der Waals surface area contributed by atoms with E-state index in [1.165, 1.54) is 4.90 Å². The van der Waals surface area contributed by atoms with Crippen LogP contribution in [0.25, 0.3) is 17.0 Å². The van der Waals surface area contributed by atoms with Gasteiger partial charge in [0.2, 0.25) is 0 Å². The SMILES string of the molecule is COc1ccccc1OCCn1cc(/C=C2\SC(=O)N(Cc3ccccc3)C2=O)c2ccccc21. The zero-order valence-electron chi connectivity index (χ0n) is 19.2. The van der Waals surface area contributed by atoms with Gasteiger partial charge in [0, 0.05) is 22.7 Å². The third-order valence-corrected chi connectivity index (χ3v) is 6.73. The number of ether oxygens (including phenoxy) is 2. The van der Waals surface area contributed by atoms with E-state index in [2.05, 4.69) is 4.57 Å². The molecule has 1 fully saturated rings. The highest BCUT2D eigenvalue weighted by Gasteiger charge is 2.35. The molecule has 5 rings (SSSR count).